The van der Waals surface area contributed by atoms with E-state index in [9.17, 15) is 0 Å². The molecular formula is C16H31N. The van der Waals surface area contributed by atoms with Gasteiger partial charge in [-0.25, -0.2) is 0 Å². The maximum atomic E-state index is 2.64. The number of nitrogens with zero attached hydrogens (tertiary/aromatic N) is 1. The third-order valence-electron chi connectivity index (χ3n) is 5.35. The Bertz CT molecular complexity index is 268. The van der Waals surface area contributed by atoms with Crippen LogP contribution >= 0.6 is 0 Å². The number of hydrogen-bond donors (Lipinski definition) is 0. The van der Waals surface area contributed by atoms with Crippen LogP contribution in [0.25, 0.3) is 0 Å². The van der Waals surface area contributed by atoms with E-state index >= 15 is 0 Å². The summed E-state index contributed by atoms with van der Waals surface area (Å²) in [6.45, 7) is 17.2. The summed E-state index contributed by atoms with van der Waals surface area (Å²) in [5.74, 6) is 1.85. The van der Waals surface area contributed by atoms with E-state index in [0.717, 1.165) is 17.9 Å². The van der Waals surface area contributed by atoms with Gasteiger partial charge in [0.2, 0.25) is 0 Å². The van der Waals surface area contributed by atoms with Gasteiger partial charge in [0.25, 0.3) is 0 Å². The highest BCUT2D eigenvalue weighted by atomic mass is 15.2. The second kappa shape index (κ2) is 4.26. The second-order valence-corrected chi connectivity index (χ2v) is 8.19. The summed E-state index contributed by atoms with van der Waals surface area (Å²) in [5.41, 5.74) is 1.20. The molecule has 2 rings (SSSR count). The highest BCUT2D eigenvalue weighted by Crippen LogP contribution is 2.52. The van der Waals surface area contributed by atoms with Crippen molar-refractivity contribution in [1.29, 1.82) is 0 Å². The third-order valence-corrected chi connectivity index (χ3v) is 5.35. The Labute approximate surface area is 108 Å². The van der Waals surface area contributed by atoms with Crippen molar-refractivity contribution in [3.8, 4) is 0 Å². The van der Waals surface area contributed by atoms with Crippen molar-refractivity contribution in [2.75, 3.05) is 13.1 Å². The largest absolute Gasteiger partial charge is 0.300 e. The van der Waals surface area contributed by atoms with Crippen LogP contribution in [0.2, 0.25) is 0 Å². The van der Waals surface area contributed by atoms with E-state index in [2.05, 4.69) is 46.4 Å². The molecule has 1 heteroatoms. The van der Waals surface area contributed by atoms with Gasteiger partial charge in [-0.15, -0.1) is 0 Å². The van der Waals surface area contributed by atoms with Crippen molar-refractivity contribution >= 4 is 0 Å². The smallest absolute Gasteiger partial charge is 0.00533 e. The average molecular weight is 237 g/mol. The minimum atomic E-state index is 0.502. The normalized spacial score (nSPS) is 34.1. The van der Waals surface area contributed by atoms with Crippen molar-refractivity contribution in [2.24, 2.45) is 22.7 Å². The maximum Gasteiger partial charge on any atom is 0.00533 e. The van der Waals surface area contributed by atoms with Crippen molar-refractivity contribution in [3.63, 3.8) is 0 Å². The molecule has 0 N–H and O–H groups in total. The van der Waals surface area contributed by atoms with Gasteiger partial charge in [0.15, 0.2) is 0 Å². The number of hydrogen-bond acceptors (Lipinski definition) is 1. The van der Waals surface area contributed by atoms with Crippen molar-refractivity contribution in [3.05, 3.63) is 0 Å². The monoisotopic (exact) mass is 237 g/mol. The second-order valence-electron chi connectivity index (χ2n) is 8.19. The molecule has 1 spiro atoms. The van der Waals surface area contributed by atoms with Gasteiger partial charge in [-0.05, 0) is 55.8 Å². The van der Waals surface area contributed by atoms with Crippen molar-refractivity contribution < 1.29 is 0 Å². The summed E-state index contributed by atoms with van der Waals surface area (Å²) < 4.78 is 0. The molecule has 0 radical (unpaired) electrons. The maximum absolute atomic E-state index is 2.64. The van der Waals surface area contributed by atoms with Crippen LogP contribution in [-0.4, -0.2) is 24.0 Å². The molecule has 0 bridgehead atoms. The fourth-order valence-electron chi connectivity index (χ4n) is 4.43. The highest BCUT2D eigenvalue weighted by Gasteiger charge is 2.49. The minimum absolute atomic E-state index is 0.502. The molecule has 0 aromatic heterocycles. The summed E-state index contributed by atoms with van der Waals surface area (Å²) >= 11 is 0. The molecule has 1 unspecified atom stereocenters. The molecule has 1 aliphatic heterocycles. The van der Waals surface area contributed by atoms with Crippen LogP contribution in [0.4, 0.5) is 0 Å². The predicted octanol–water partition coefficient (Wildman–Crippen LogP) is 4.18. The van der Waals surface area contributed by atoms with Gasteiger partial charge in [-0.1, -0.05) is 27.7 Å². The van der Waals surface area contributed by atoms with Crippen molar-refractivity contribution in [1.82, 2.24) is 4.90 Å². The molecule has 2 atom stereocenters. The Morgan fingerprint density at radius 3 is 2.18 bits per heavy atom. The Morgan fingerprint density at radius 1 is 1.18 bits per heavy atom. The topological polar surface area (TPSA) is 3.24 Å². The van der Waals surface area contributed by atoms with Gasteiger partial charge in [0.05, 0.1) is 0 Å². The Hall–Kier alpha value is -0.0400. The highest BCUT2D eigenvalue weighted by molar-refractivity contribution is 5.01. The molecule has 100 valence electrons. The lowest BCUT2D eigenvalue weighted by atomic mass is 9.57. The molecular weight excluding hydrogens is 206 g/mol. The van der Waals surface area contributed by atoms with Crippen LogP contribution in [0.3, 0.4) is 0 Å². The molecule has 1 nitrogen and oxygen atoms in total. The fraction of sp³-hybridized carbons (Fsp3) is 1.00. The average Bonchev–Trinajstić information content (AvgIpc) is 2.11. The first-order valence-corrected chi connectivity index (χ1v) is 7.48. The van der Waals surface area contributed by atoms with E-state index in [1.165, 1.54) is 32.4 Å². The van der Waals surface area contributed by atoms with Crippen LogP contribution in [0, 0.1) is 22.7 Å². The lowest BCUT2D eigenvalue weighted by Crippen LogP contribution is -2.61. The van der Waals surface area contributed by atoms with Gasteiger partial charge >= 0.3 is 0 Å². The van der Waals surface area contributed by atoms with Crippen LogP contribution < -0.4 is 0 Å². The minimum Gasteiger partial charge on any atom is -0.300 e. The summed E-state index contributed by atoms with van der Waals surface area (Å²) in [4.78, 5) is 2.64. The third kappa shape index (κ3) is 2.54. The van der Waals surface area contributed by atoms with Gasteiger partial charge in [0, 0.05) is 19.1 Å². The predicted molar refractivity (Wildman–Crippen MR) is 75.1 cm³/mol. The fourth-order valence-corrected chi connectivity index (χ4v) is 4.43. The molecule has 1 heterocycles. The Kier molecular flexibility index (Phi) is 3.36. The van der Waals surface area contributed by atoms with Gasteiger partial charge < -0.3 is 0 Å². The lowest BCUT2D eigenvalue weighted by molar-refractivity contribution is -0.0839. The molecule has 17 heavy (non-hydrogen) atoms. The summed E-state index contributed by atoms with van der Waals surface area (Å²) in [7, 11) is 0. The van der Waals surface area contributed by atoms with E-state index in [1.807, 2.05) is 0 Å². The lowest BCUT2D eigenvalue weighted by Gasteiger charge is -2.58. The quantitative estimate of drug-likeness (QED) is 0.661. The molecule has 0 amide bonds. The first-order valence-electron chi connectivity index (χ1n) is 7.48. The zero-order chi connectivity index (χ0) is 12.8. The zero-order valence-electron chi connectivity index (χ0n) is 12.7. The zero-order valence-corrected chi connectivity index (χ0v) is 12.7. The molecule has 1 saturated carbocycles. The first kappa shape index (κ1) is 13.4. The SMILES string of the molecule is CC(C)N1CC2(CCC(C(C)(C)C)[C@@H](C)C2)C1. The molecule has 2 fully saturated rings. The van der Waals surface area contributed by atoms with Gasteiger partial charge in [-0.3, -0.25) is 4.90 Å². The van der Waals surface area contributed by atoms with E-state index in [0.29, 0.717) is 10.8 Å². The van der Waals surface area contributed by atoms with Crippen LogP contribution in [0.15, 0.2) is 0 Å². The summed E-state index contributed by atoms with van der Waals surface area (Å²) in [5, 5.41) is 0. The standard InChI is InChI=1S/C16H31N/c1-12(2)17-10-16(11-17)8-7-14(13(3)9-16)15(4,5)6/h12-14H,7-11H2,1-6H3/t13-,14?/m0/s1. The van der Waals surface area contributed by atoms with Crippen LogP contribution in [0.5, 0.6) is 0 Å². The molecule has 1 aliphatic carbocycles. The van der Waals surface area contributed by atoms with E-state index in [1.54, 1.807) is 0 Å². The molecule has 2 aliphatic rings. The van der Waals surface area contributed by atoms with E-state index in [-0.39, 0.29) is 0 Å². The molecule has 0 aromatic rings. The van der Waals surface area contributed by atoms with Crippen molar-refractivity contribution in [2.45, 2.75) is 66.8 Å². The summed E-state index contributed by atoms with van der Waals surface area (Å²) in [6, 6.07) is 0.747. The Morgan fingerprint density at radius 2 is 1.76 bits per heavy atom. The van der Waals surface area contributed by atoms with Crippen LogP contribution in [-0.2, 0) is 0 Å². The molecule has 0 aromatic carbocycles. The number of likely N-dealkylation sites (tertiary alicyclic amines) is 1. The van der Waals surface area contributed by atoms with Crippen LogP contribution in [0.1, 0.15) is 60.8 Å². The van der Waals surface area contributed by atoms with E-state index in [4.69, 9.17) is 0 Å². The summed E-state index contributed by atoms with van der Waals surface area (Å²) in [6.07, 6.45) is 4.40. The molecule has 1 saturated heterocycles. The first-order chi connectivity index (χ1) is 7.73. The van der Waals surface area contributed by atoms with E-state index < -0.39 is 0 Å². The number of rotatable bonds is 1. The van der Waals surface area contributed by atoms with Gasteiger partial charge in [0.1, 0.15) is 0 Å². The Balaban J connectivity index is 1.93. The van der Waals surface area contributed by atoms with Gasteiger partial charge in [-0.2, -0.15) is 0 Å².